The molecular formula is C17H27ClN4O4S. The first kappa shape index (κ1) is 23.4. The highest BCUT2D eigenvalue weighted by Gasteiger charge is 2.30. The molecule has 0 unspecified atom stereocenters. The number of piperidine rings is 1. The Morgan fingerprint density at radius 3 is 2.44 bits per heavy atom. The number of nitrogens with two attached hydrogens (primary N) is 1. The van der Waals surface area contributed by atoms with Crippen LogP contribution in [-0.4, -0.2) is 56.5 Å². The predicted molar refractivity (Wildman–Crippen MR) is 107 cm³/mol. The van der Waals surface area contributed by atoms with E-state index in [4.69, 9.17) is 5.73 Å². The maximum absolute atomic E-state index is 12.6. The summed E-state index contributed by atoms with van der Waals surface area (Å²) in [4.78, 5) is 24.7. The Bertz CT molecular complexity index is 749. The van der Waals surface area contributed by atoms with Gasteiger partial charge in [0, 0.05) is 32.1 Å². The molecule has 0 saturated carbocycles. The van der Waals surface area contributed by atoms with E-state index in [0.29, 0.717) is 50.3 Å². The molecule has 1 heterocycles. The van der Waals surface area contributed by atoms with Crippen LogP contribution in [0.25, 0.3) is 0 Å². The lowest BCUT2D eigenvalue weighted by atomic mass is 9.97. The van der Waals surface area contributed by atoms with Gasteiger partial charge in [-0.3, -0.25) is 9.59 Å². The van der Waals surface area contributed by atoms with Crippen molar-refractivity contribution in [3.05, 3.63) is 29.8 Å². The summed E-state index contributed by atoms with van der Waals surface area (Å²) in [5.41, 5.74) is 6.21. The van der Waals surface area contributed by atoms with Crippen molar-refractivity contribution >= 4 is 39.9 Å². The Labute approximate surface area is 166 Å². The van der Waals surface area contributed by atoms with Crippen molar-refractivity contribution in [3.63, 3.8) is 0 Å². The van der Waals surface area contributed by atoms with Gasteiger partial charge in [0.2, 0.25) is 15.9 Å². The molecule has 152 valence electrons. The molecule has 0 bridgehead atoms. The van der Waals surface area contributed by atoms with Crippen molar-refractivity contribution in [1.82, 2.24) is 9.62 Å². The molecule has 1 aromatic carbocycles. The highest BCUT2D eigenvalue weighted by molar-refractivity contribution is 7.89. The number of nitrogens with zero attached hydrogens (tertiary/aromatic N) is 1. The Morgan fingerprint density at radius 1 is 1.22 bits per heavy atom. The second kappa shape index (κ2) is 10.6. The topological polar surface area (TPSA) is 122 Å². The summed E-state index contributed by atoms with van der Waals surface area (Å²) in [5, 5.41) is 5.49. The van der Waals surface area contributed by atoms with Gasteiger partial charge in [-0.2, -0.15) is 0 Å². The number of halogens is 1. The van der Waals surface area contributed by atoms with Crippen LogP contribution in [0.2, 0.25) is 0 Å². The molecule has 1 aliphatic rings. The van der Waals surface area contributed by atoms with E-state index in [-0.39, 0.29) is 35.9 Å². The zero-order chi connectivity index (χ0) is 19.2. The van der Waals surface area contributed by atoms with Gasteiger partial charge in [0.1, 0.15) is 0 Å². The Kier molecular flexibility index (Phi) is 9.17. The lowest BCUT2D eigenvalue weighted by molar-refractivity contribution is -0.120. The third-order valence-electron chi connectivity index (χ3n) is 4.44. The van der Waals surface area contributed by atoms with E-state index < -0.39 is 10.0 Å². The number of para-hydroxylation sites is 1. The number of benzene rings is 1. The molecule has 8 nitrogen and oxygen atoms in total. The summed E-state index contributed by atoms with van der Waals surface area (Å²) in [5.74, 6) is -0.707. The summed E-state index contributed by atoms with van der Waals surface area (Å²) < 4.78 is 25.2. The second-order valence-corrected chi connectivity index (χ2v) is 8.41. The van der Waals surface area contributed by atoms with Gasteiger partial charge in [0.05, 0.1) is 17.0 Å². The molecule has 1 saturated heterocycles. The van der Waals surface area contributed by atoms with Gasteiger partial charge in [-0.05, 0) is 31.9 Å². The fourth-order valence-electron chi connectivity index (χ4n) is 2.88. The van der Waals surface area contributed by atoms with Crippen molar-refractivity contribution in [3.8, 4) is 0 Å². The average molecular weight is 419 g/mol. The smallest absolute Gasteiger partial charge is 0.253 e. The summed E-state index contributed by atoms with van der Waals surface area (Å²) >= 11 is 0. The summed E-state index contributed by atoms with van der Waals surface area (Å²) in [6.07, 6.45) is 0.930. The monoisotopic (exact) mass is 418 g/mol. The van der Waals surface area contributed by atoms with E-state index in [1.807, 2.05) is 0 Å². The fourth-order valence-corrected chi connectivity index (χ4v) is 4.02. The van der Waals surface area contributed by atoms with E-state index in [1.54, 1.807) is 31.2 Å². The quantitative estimate of drug-likeness (QED) is 0.604. The maximum atomic E-state index is 12.6. The number of amides is 2. The van der Waals surface area contributed by atoms with Crippen LogP contribution in [-0.2, 0) is 14.8 Å². The van der Waals surface area contributed by atoms with Gasteiger partial charge < -0.3 is 16.4 Å². The molecule has 0 atom stereocenters. The molecule has 0 aliphatic carbocycles. The number of hydrogen-bond donors (Lipinski definition) is 3. The van der Waals surface area contributed by atoms with E-state index in [2.05, 4.69) is 10.6 Å². The molecule has 27 heavy (non-hydrogen) atoms. The number of anilines is 1. The van der Waals surface area contributed by atoms with E-state index >= 15 is 0 Å². The predicted octanol–water partition coefficient (Wildman–Crippen LogP) is 0.797. The number of rotatable bonds is 7. The van der Waals surface area contributed by atoms with Crippen molar-refractivity contribution in [2.45, 2.75) is 19.8 Å². The number of carbonyl (C=O) groups excluding carboxylic acids is 2. The molecule has 0 spiro atoms. The van der Waals surface area contributed by atoms with Crippen LogP contribution in [0.15, 0.2) is 24.3 Å². The molecule has 1 aromatic rings. The van der Waals surface area contributed by atoms with Crippen LogP contribution in [0.5, 0.6) is 0 Å². The van der Waals surface area contributed by atoms with Crippen LogP contribution < -0.4 is 16.4 Å². The zero-order valence-corrected chi connectivity index (χ0v) is 16.9. The van der Waals surface area contributed by atoms with Gasteiger partial charge in [0.25, 0.3) is 5.91 Å². The van der Waals surface area contributed by atoms with Crippen molar-refractivity contribution < 1.29 is 18.0 Å². The lowest BCUT2D eigenvalue weighted by Gasteiger charge is -2.30. The normalized spacial score (nSPS) is 15.6. The van der Waals surface area contributed by atoms with Crippen molar-refractivity contribution in [1.29, 1.82) is 0 Å². The van der Waals surface area contributed by atoms with Gasteiger partial charge in [-0.1, -0.05) is 12.1 Å². The lowest BCUT2D eigenvalue weighted by Crippen LogP contribution is -2.42. The summed E-state index contributed by atoms with van der Waals surface area (Å²) in [6, 6.07) is 6.77. The molecular weight excluding hydrogens is 392 g/mol. The SMILES string of the molecule is CCS(=O)(=O)N1CCC(C(=O)Nc2ccccc2C(=O)NCCN)CC1.Cl. The average Bonchev–Trinajstić information content (AvgIpc) is 2.66. The van der Waals surface area contributed by atoms with Crippen LogP contribution in [0, 0.1) is 5.92 Å². The first-order valence-corrected chi connectivity index (χ1v) is 10.4. The van der Waals surface area contributed by atoms with Crippen molar-refractivity contribution in [2.75, 3.05) is 37.2 Å². The second-order valence-electron chi connectivity index (χ2n) is 6.15. The van der Waals surface area contributed by atoms with Gasteiger partial charge in [-0.25, -0.2) is 12.7 Å². The van der Waals surface area contributed by atoms with Crippen molar-refractivity contribution in [2.24, 2.45) is 11.7 Å². The minimum Gasteiger partial charge on any atom is -0.351 e. The minimum absolute atomic E-state index is 0. The first-order valence-electron chi connectivity index (χ1n) is 8.75. The van der Waals surface area contributed by atoms with Crippen LogP contribution >= 0.6 is 12.4 Å². The Morgan fingerprint density at radius 2 is 1.85 bits per heavy atom. The Hall–Kier alpha value is -1.68. The first-order chi connectivity index (χ1) is 12.4. The third kappa shape index (κ3) is 6.17. The fraction of sp³-hybridized carbons (Fsp3) is 0.529. The number of hydrogen-bond acceptors (Lipinski definition) is 5. The maximum Gasteiger partial charge on any atom is 0.253 e. The molecule has 1 fully saturated rings. The molecule has 1 aliphatic heterocycles. The van der Waals surface area contributed by atoms with Crippen LogP contribution in [0.1, 0.15) is 30.1 Å². The van der Waals surface area contributed by atoms with Crippen LogP contribution in [0.3, 0.4) is 0 Å². The standard InChI is InChI=1S/C17H26N4O4S.ClH/c1-2-26(24,25)21-11-7-13(8-12-21)16(22)20-15-6-4-3-5-14(15)17(23)19-10-9-18;/h3-6,13H,2,7-12,18H2,1H3,(H,19,23)(H,20,22);1H. The minimum atomic E-state index is -3.22. The third-order valence-corrected chi connectivity index (χ3v) is 6.32. The van der Waals surface area contributed by atoms with Crippen LogP contribution in [0.4, 0.5) is 5.69 Å². The Balaban J connectivity index is 0.00000364. The molecule has 4 N–H and O–H groups in total. The summed E-state index contributed by atoms with van der Waals surface area (Å²) in [6.45, 7) is 2.98. The molecule has 10 heteroatoms. The molecule has 2 amide bonds. The molecule has 0 radical (unpaired) electrons. The number of nitrogens with one attached hydrogen (secondary N) is 2. The van der Waals surface area contributed by atoms with E-state index in [9.17, 15) is 18.0 Å². The van der Waals surface area contributed by atoms with Gasteiger partial charge in [0.15, 0.2) is 0 Å². The highest BCUT2D eigenvalue weighted by atomic mass is 35.5. The molecule has 0 aromatic heterocycles. The summed E-state index contributed by atoms with van der Waals surface area (Å²) in [7, 11) is -3.22. The van der Waals surface area contributed by atoms with E-state index in [0.717, 1.165) is 0 Å². The zero-order valence-electron chi connectivity index (χ0n) is 15.3. The highest BCUT2D eigenvalue weighted by Crippen LogP contribution is 2.23. The molecule has 2 rings (SSSR count). The number of carbonyl (C=O) groups is 2. The van der Waals surface area contributed by atoms with Gasteiger partial charge in [-0.15, -0.1) is 12.4 Å². The van der Waals surface area contributed by atoms with E-state index in [1.165, 1.54) is 4.31 Å². The largest absolute Gasteiger partial charge is 0.351 e. The number of sulfonamides is 1. The van der Waals surface area contributed by atoms with Gasteiger partial charge >= 0.3 is 0 Å².